The van der Waals surface area contributed by atoms with E-state index in [-0.39, 0.29) is 6.10 Å². The average Bonchev–Trinajstić information content (AvgIpc) is 2.65. The third-order valence-corrected chi connectivity index (χ3v) is 3.26. The van der Waals surface area contributed by atoms with Crippen molar-refractivity contribution in [1.29, 1.82) is 0 Å². The number of benzene rings is 1. The molecular weight excluding hydrogens is 186 g/mol. The third kappa shape index (κ3) is 2.15. The molecule has 0 spiro atoms. The summed E-state index contributed by atoms with van der Waals surface area (Å²) in [5.41, 5.74) is 2.27. The summed E-state index contributed by atoms with van der Waals surface area (Å²) in [6, 6.07) is 8.92. The highest BCUT2D eigenvalue weighted by Gasteiger charge is 2.20. The Balaban J connectivity index is 2.16. The van der Waals surface area contributed by atoms with Crippen LogP contribution in [-0.2, 0) is 0 Å². The monoisotopic (exact) mass is 205 g/mol. The fourth-order valence-corrected chi connectivity index (χ4v) is 2.26. The van der Waals surface area contributed by atoms with E-state index in [0.717, 1.165) is 12.1 Å². The van der Waals surface area contributed by atoms with Crippen LogP contribution in [0.15, 0.2) is 24.3 Å². The highest BCUT2D eigenvalue weighted by atomic mass is 16.3. The van der Waals surface area contributed by atoms with Gasteiger partial charge in [0.2, 0.25) is 0 Å². The molecule has 2 rings (SSSR count). The smallest absolute Gasteiger partial charge is 0.0761 e. The summed E-state index contributed by atoms with van der Waals surface area (Å²) in [6.07, 6.45) is 2.22. The second-order valence-electron chi connectivity index (χ2n) is 4.45. The van der Waals surface area contributed by atoms with Gasteiger partial charge in [0.1, 0.15) is 0 Å². The Morgan fingerprint density at radius 1 is 1.33 bits per heavy atom. The Morgan fingerprint density at radius 3 is 2.47 bits per heavy atom. The first-order valence-corrected chi connectivity index (χ1v) is 5.73. The molecule has 1 aromatic rings. The van der Waals surface area contributed by atoms with E-state index in [1.54, 1.807) is 6.92 Å². The van der Waals surface area contributed by atoms with E-state index in [0.29, 0.717) is 6.04 Å². The lowest BCUT2D eigenvalue weighted by Crippen LogP contribution is -2.26. The molecule has 0 radical (unpaired) electrons. The quantitative estimate of drug-likeness (QED) is 0.802. The van der Waals surface area contributed by atoms with E-state index in [2.05, 4.69) is 24.0 Å². The molecule has 1 N–H and O–H groups in total. The summed E-state index contributed by atoms with van der Waals surface area (Å²) in [5.74, 6) is 0. The van der Waals surface area contributed by atoms with Gasteiger partial charge in [-0.15, -0.1) is 0 Å². The summed E-state index contributed by atoms with van der Waals surface area (Å²) in [7, 11) is 0. The van der Waals surface area contributed by atoms with Crippen LogP contribution in [0.5, 0.6) is 0 Å². The van der Waals surface area contributed by atoms with Gasteiger partial charge in [-0.3, -0.25) is 0 Å². The van der Waals surface area contributed by atoms with Gasteiger partial charge in [0.05, 0.1) is 6.10 Å². The standard InChI is InChI=1S/C13H19NO/c1-10-4-3-9-14(10)13-7-5-12(6-8-13)11(2)15/h5-8,10-11,15H,3-4,9H2,1-2H3/t10?,11-/m1/s1. The van der Waals surface area contributed by atoms with Crippen molar-refractivity contribution in [2.45, 2.75) is 38.8 Å². The molecule has 0 saturated carbocycles. The molecule has 2 heteroatoms. The molecule has 1 aromatic carbocycles. The van der Waals surface area contributed by atoms with Gasteiger partial charge in [-0.05, 0) is 44.4 Å². The number of aliphatic hydroxyl groups is 1. The Kier molecular flexibility index (Phi) is 2.96. The molecule has 15 heavy (non-hydrogen) atoms. The molecule has 1 saturated heterocycles. The van der Waals surface area contributed by atoms with Gasteiger partial charge in [-0.25, -0.2) is 0 Å². The number of nitrogens with zero attached hydrogens (tertiary/aromatic N) is 1. The lowest BCUT2D eigenvalue weighted by molar-refractivity contribution is 0.199. The minimum atomic E-state index is -0.366. The zero-order valence-corrected chi connectivity index (χ0v) is 9.48. The molecule has 0 bridgehead atoms. The number of hydrogen-bond acceptors (Lipinski definition) is 2. The molecule has 82 valence electrons. The van der Waals surface area contributed by atoms with E-state index in [1.807, 2.05) is 12.1 Å². The summed E-state index contributed by atoms with van der Waals surface area (Å²) < 4.78 is 0. The van der Waals surface area contributed by atoms with Crippen LogP contribution >= 0.6 is 0 Å². The summed E-state index contributed by atoms with van der Waals surface area (Å²) >= 11 is 0. The highest BCUT2D eigenvalue weighted by Crippen LogP contribution is 2.26. The molecule has 0 aromatic heterocycles. The van der Waals surface area contributed by atoms with Crippen molar-refractivity contribution < 1.29 is 5.11 Å². The molecule has 1 aliphatic heterocycles. The SMILES string of the molecule is CC1CCCN1c1ccc([C@@H](C)O)cc1. The van der Waals surface area contributed by atoms with Crippen LogP contribution in [0, 0.1) is 0 Å². The highest BCUT2D eigenvalue weighted by molar-refractivity contribution is 5.49. The largest absolute Gasteiger partial charge is 0.389 e. The van der Waals surface area contributed by atoms with E-state index in [1.165, 1.54) is 18.5 Å². The number of hydrogen-bond donors (Lipinski definition) is 1. The minimum Gasteiger partial charge on any atom is -0.389 e. The van der Waals surface area contributed by atoms with Crippen LogP contribution in [0.3, 0.4) is 0 Å². The molecule has 1 fully saturated rings. The Hall–Kier alpha value is -1.02. The zero-order chi connectivity index (χ0) is 10.8. The summed E-state index contributed by atoms with van der Waals surface area (Å²) in [4.78, 5) is 2.44. The predicted octanol–water partition coefficient (Wildman–Crippen LogP) is 2.73. The minimum absolute atomic E-state index is 0.366. The van der Waals surface area contributed by atoms with Crippen LogP contribution in [0.2, 0.25) is 0 Å². The lowest BCUT2D eigenvalue weighted by atomic mass is 10.1. The maximum atomic E-state index is 9.42. The fourth-order valence-electron chi connectivity index (χ4n) is 2.26. The van der Waals surface area contributed by atoms with Gasteiger partial charge in [0.25, 0.3) is 0 Å². The van der Waals surface area contributed by atoms with Crippen molar-refractivity contribution >= 4 is 5.69 Å². The Labute approximate surface area is 91.5 Å². The van der Waals surface area contributed by atoms with E-state index >= 15 is 0 Å². The maximum absolute atomic E-state index is 9.42. The number of rotatable bonds is 2. The zero-order valence-electron chi connectivity index (χ0n) is 9.48. The lowest BCUT2D eigenvalue weighted by Gasteiger charge is -2.24. The Morgan fingerprint density at radius 2 is 2.00 bits per heavy atom. The van der Waals surface area contributed by atoms with Crippen molar-refractivity contribution in [2.24, 2.45) is 0 Å². The van der Waals surface area contributed by atoms with Gasteiger partial charge >= 0.3 is 0 Å². The number of anilines is 1. The van der Waals surface area contributed by atoms with Crippen molar-refractivity contribution in [3.63, 3.8) is 0 Å². The topological polar surface area (TPSA) is 23.5 Å². The van der Waals surface area contributed by atoms with Gasteiger partial charge in [0.15, 0.2) is 0 Å². The second-order valence-corrected chi connectivity index (χ2v) is 4.45. The molecule has 1 heterocycles. The van der Waals surface area contributed by atoms with Crippen LogP contribution in [-0.4, -0.2) is 17.7 Å². The molecule has 0 amide bonds. The van der Waals surface area contributed by atoms with Crippen molar-refractivity contribution in [3.8, 4) is 0 Å². The van der Waals surface area contributed by atoms with Crippen LogP contribution in [0.1, 0.15) is 38.4 Å². The van der Waals surface area contributed by atoms with Crippen LogP contribution < -0.4 is 4.90 Å². The van der Waals surface area contributed by atoms with Gasteiger partial charge in [-0.1, -0.05) is 12.1 Å². The summed E-state index contributed by atoms with van der Waals surface area (Å²) in [5, 5.41) is 9.42. The van der Waals surface area contributed by atoms with Gasteiger partial charge < -0.3 is 10.0 Å². The van der Waals surface area contributed by atoms with Crippen molar-refractivity contribution in [2.75, 3.05) is 11.4 Å². The molecule has 1 aliphatic rings. The Bertz CT molecular complexity index is 318. The normalized spacial score (nSPS) is 23.1. The molecule has 2 nitrogen and oxygen atoms in total. The van der Waals surface area contributed by atoms with Gasteiger partial charge in [-0.2, -0.15) is 0 Å². The fraction of sp³-hybridized carbons (Fsp3) is 0.538. The van der Waals surface area contributed by atoms with Crippen molar-refractivity contribution in [3.05, 3.63) is 29.8 Å². The molecular formula is C13H19NO. The second kappa shape index (κ2) is 4.23. The van der Waals surface area contributed by atoms with E-state index in [4.69, 9.17) is 0 Å². The van der Waals surface area contributed by atoms with E-state index < -0.39 is 0 Å². The van der Waals surface area contributed by atoms with Crippen LogP contribution in [0.4, 0.5) is 5.69 Å². The first kappa shape index (κ1) is 10.5. The molecule has 0 aliphatic carbocycles. The van der Waals surface area contributed by atoms with Crippen molar-refractivity contribution in [1.82, 2.24) is 0 Å². The molecule has 1 unspecified atom stereocenters. The van der Waals surface area contributed by atoms with Gasteiger partial charge in [0, 0.05) is 18.3 Å². The maximum Gasteiger partial charge on any atom is 0.0761 e. The van der Waals surface area contributed by atoms with E-state index in [9.17, 15) is 5.11 Å². The summed E-state index contributed by atoms with van der Waals surface area (Å²) in [6.45, 7) is 5.23. The average molecular weight is 205 g/mol. The molecule has 2 atom stereocenters. The number of aliphatic hydroxyl groups excluding tert-OH is 1. The third-order valence-electron chi connectivity index (χ3n) is 3.26. The van der Waals surface area contributed by atoms with Crippen LogP contribution in [0.25, 0.3) is 0 Å². The predicted molar refractivity (Wildman–Crippen MR) is 63.1 cm³/mol. The first-order chi connectivity index (χ1) is 7.18. The first-order valence-electron chi connectivity index (χ1n) is 5.73.